The van der Waals surface area contributed by atoms with E-state index in [0.29, 0.717) is 19.0 Å². The minimum Gasteiger partial charge on any atom is -0.497 e. The van der Waals surface area contributed by atoms with Gasteiger partial charge in [-0.15, -0.1) is 0 Å². The lowest BCUT2D eigenvalue weighted by Crippen LogP contribution is -2.50. The molecule has 1 aromatic heterocycles. The van der Waals surface area contributed by atoms with E-state index in [-0.39, 0.29) is 6.03 Å². The first-order chi connectivity index (χ1) is 11.7. The maximum Gasteiger partial charge on any atom is 0.321 e. The van der Waals surface area contributed by atoms with Crippen molar-refractivity contribution in [1.29, 1.82) is 0 Å². The van der Waals surface area contributed by atoms with Crippen LogP contribution in [0.2, 0.25) is 0 Å². The fourth-order valence-electron chi connectivity index (χ4n) is 2.97. The summed E-state index contributed by atoms with van der Waals surface area (Å²) in [7, 11) is 1.66. The lowest BCUT2D eigenvalue weighted by atomic mass is 9.91. The number of aromatic nitrogens is 2. The summed E-state index contributed by atoms with van der Waals surface area (Å²) in [6.45, 7) is 1.43. The summed E-state index contributed by atoms with van der Waals surface area (Å²) in [4.78, 5) is 14.1. The van der Waals surface area contributed by atoms with Gasteiger partial charge in [0.1, 0.15) is 5.75 Å². The van der Waals surface area contributed by atoms with Gasteiger partial charge in [-0.2, -0.15) is 5.10 Å². The number of carbonyl (C=O) groups is 1. The highest BCUT2D eigenvalue weighted by atomic mass is 16.5. The molecule has 6 nitrogen and oxygen atoms in total. The molecule has 4 rings (SSSR count). The molecule has 1 fully saturated rings. The van der Waals surface area contributed by atoms with Crippen molar-refractivity contribution in [3.8, 4) is 5.75 Å². The van der Waals surface area contributed by atoms with Gasteiger partial charge in [-0.05, 0) is 35.9 Å². The first-order valence-corrected chi connectivity index (χ1v) is 7.86. The second kappa shape index (κ2) is 5.88. The van der Waals surface area contributed by atoms with Crippen molar-refractivity contribution < 1.29 is 9.53 Å². The zero-order valence-electron chi connectivity index (χ0n) is 13.3. The van der Waals surface area contributed by atoms with Gasteiger partial charge in [-0.3, -0.25) is 5.10 Å². The smallest absolute Gasteiger partial charge is 0.321 e. The number of hydrogen-bond acceptors (Lipinski definition) is 3. The number of hydrogen-bond donors (Lipinski definition) is 2. The minimum absolute atomic E-state index is 0.0722. The van der Waals surface area contributed by atoms with Crippen LogP contribution in [-0.2, 0) is 0 Å². The number of fused-ring (bicyclic) bond motifs is 1. The normalized spacial score (nSPS) is 14.5. The number of ether oxygens (including phenoxy) is 1. The number of urea groups is 1. The Labute approximate surface area is 139 Å². The standard InChI is InChI=1S/C18H18N4O2/c1-24-16-4-2-3-12(8-16)14-10-22(11-14)18(23)20-15-5-6-17-13(7-15)9-19-21-17/h2-9,14H,10-11H2,1H3,(H,19,21)(H,20,23). The van der Waals surface area contributed by atoms with Crippen LogP contribution in [0.3, 0.4) is 0 Å². The number of benzene rings is 2. The molecule has 2 N–H and O–H groups in total. The Hall–Kier alpha value is -3.02. The average molecular weight is 322 g/mol. The third kappa shape index (κ3) is 2.67. The lowest BCUT2D eigenvalue weighted by Gasteiger charge is -2.39. The largest absolute Gasteiger partial charge is 0.497 e. The van der Waals surface area contributed by atoms with Crippen LogP contribution in [0, 0.1) is 0 Å². The Bertz CT molecular complexity index is 883. The molecule has 122 valence electrons. The summed E-state index contributed by atoms with van der Waals surface area (Å²) in [6, 6.07) is 13.6. The Morgan fingerprint density at radius 3 is 3.00 bits per heavy atom. The van der Waals surface area contributed by atoms with Crippen molar-refractivity contribution in [3.05, 3.63) is 54.2 Å². The number of carbonyl (C=O) groups excluding carboxylic acids is 1. The molecule has 2 amide bonds. The molecular weight excluding hydrogens is 304 g/mol. The highest BCUT2D eigenvalue weighted by Crippen LogP contribution is 2.29. The Kier molecular flexibility index (Phi) is 3.57. The van der Waals surface area contributed by atoms with Crippen molar-refractivity contribution in [2.75, 3.05) is 25.5 Å². The van der Waals surface area contributed by atoms with E-state index in [1.165, 1.54) is 5.56 Å². The predicted molar refractivity (Wildman–Crippen MR) is 92.4 cm³/mol. The maximum absolute atomic E-state index is 12.3. The van der Waals surface area contributed by atoms with Crippen molar-refractivity contribution >= 4 is 22.6 Å². The van der Waals surface area contributed by atoms with Gasteiger partial charge in [0.15, 0.2) is 0 Å². The third-order valence-electron chi connectivity index (χ3n) is 4.43. The fraction of sp³-hybridized carbons (Fsp3) is 0.222. The molecular formula is C18H18N4O2. The van der Waals surface area contributed by atoms with E-state index in [1.807, 2.05) is 41.3 Å². The van der Waals surface area contributed by atoms with Crippen LogP contribution in [0.5, 0.6) is 5.75 Å². The highest BCUT2D eigenvalue weighted by Gasteiger charge is 2.31. The number of H-pyrrole nitrogens is 1. The molecule has 0 saturated carbocycles. The van der Waals surface area contributed by atoms with Crippen molar-refractivity contribution in [2.45, 2.75) is 5.92 Å². The topological polar surface area (TPSA) is 70.2 Å². The number of nitrogens with zero attached hydrogens (tertiary/aromatic N) is 2. The monoisotopic (exact) mass is 322 g/mol. The number of methoxy groups -OCH3 is 1. The SMILES string of the molecule is COc1cccc(C2CN(C(=O)Nc3ccc4[nH]ncc4c3)C2)c1. The Morgan fingerprint density at radius 2 is 2.17 bits per heavy atom. The quantitative estimate of drug-likeness (QED) is 0.778. The highest BCUT2D eigenvalue weighted by molar-refractivity contribution is 5.93. The summed E-state index contributed by atoms with van der Waals surface area (Å²) in [5, 5.41) is 10.8. The molecule has 0 atom stereocenters. The Morgan fingerprint density at radius 1 is 1.29 bits per heavy atom. The van der Waals surface area contributed by atoms with Gasteiger partial charge < -0.3 is 15.0 Å². The van der Waals surface area contributed by atoms with E-state index < -0.39 is 0 Å². The molecule has 6 heteroatoms. The van der Waals surface area contributed by atoms with E-state index >= 15 is 0 Å². The Balaban J connectivity index is 1.38. The zero-order valence-corrected chi connectivity index (χ0v) is 13.3. The number of nitrogens with one attached hydrogen (secondary N) is 2. The van der Waals surface area contributed by atoms with Gasteiger partial charge >= 0.3 is 6.03 Å². The number of likely N-dealkylation sites (tertiary alicyclic amines) is 1. The summed E-state index contributed by atoms with van der Waals surface area (Å²) in [5.41, 5.74) is 2.94. The van der Waals surface area contributed by atoms with E-state index in [2.05, 4.69) is 21.6 Å². The molecule has 0 unspecified atom stereocenters. The van der Waals surface area contributed by atoms with Crippen LogP contribution in [0.1, 0.15) is 11.5 Å². The van der Waals surface area contributed by atoms with Crippen molar-refractivity contribution in [3.63, 3.8) is 0 Å². The molecule has 1 saturated heterocycles. The van der Waals surface area contributed by atoms with Gasteiger partial charge in [0.25, 0.3) is 0 Å². The summed E-state index contributed by atoms with van der Waals surface area (Å²) in [5.74, 6) is 1.21. The first kappa shape index (κ1) is 14.6. The van der Waals surface area contributed by atoms with Crippen LogP contribution in [0.25, 0.3) is 10.9 Å². The molecule has 1 aliphatic heterocycles. The van der Waals surface area contributed by atoms with Crippen LogP contribution in [0.4, 0.5) is 10.5 Å². The molecule has 0 spiro atoms. The molecule has 1 aliphatic rings. The molecule has 2 heterocycles. The number of amides is 2. The van der Waals surface area contributed by atoms with Crippen molar-refractivity contribution in [2.24, 2.45) is 0 Å². The van der Waals surface area contributed by atoms with Gasteiger partial charge in [0.2, 0.25) is 0 Å². The summed E-state index contributed by atoms with van der Waals surface area (Å²) in [6.07, 6.45) is 1.74. The second-order valence-corrected chi connectivity index (χ2v) is 5.98. The van der Waals surface area contributed by atoms with E-state index in [0.717, 1.165) is 22.3 Å². The number of rotatable bonds is 3. The zero-order chi connectivity index (χ0) is 16.5. The van der Waals surface area contributed by atoms with Gasteiger partial charge in [-0.25, -0.2) is 4.79 Å². The van der Waals surface area contributed by atoms with Gasteiger partial charge in [0.05, 0.1) is 18.8 Å². The molecule has 0 bridgehead atoms. The van der Waals surface area contributed by atoms with Crippen LogP contribution < -0.4 is 10.1 Å². The first-order valence-electron chi connectivity index (χ1n) is 7.86. The van der Waals surface area contributed by atoms with E-state index in [4.69, 9.17) is 4.74 Å². The van der Waals surface area contributed by atoms with Crippen molar-refractivity contribution in [1.82, 2.24) is 15.1 Å². The molecule has 3 aromatic rings. The fourth-order valence-corrected chi connectivity index (χ4v) is 2.97. The van der Waals surface area contributed by atoms with E-state index in [1.54, 1.807) is 13.3 Å². The molecule has 0 radical (unpaired) electrons. The van der Waals surface area contributed by atoms with Crippen LogP contribution in [-0.4, -0.2) is 41.3 Å². The molecule has 2 aromatic carbocycles. The number of anilines is 1. The third-order valence-corrected chi connectivity index (χ3v) is 4.43. The lowest BCUT2D eigenvalue weighted by molar-refractivity contribution is 0.164. The summed E-state index contributed by atoms with van der Waals surface area (Å²) >= 11 is 0. The van der Waals surface area contributed by atoms with Crippen LogP contribution in [0.15, 0.2) is 48.7 Å². The van der Waals surface area contributed by atoms with Gasteiger partial charge in [-0.1, -0.05) is 12.1 Å². The second-order valence-electron chi connectivity index (χ2n) is 5.98. The molecule has 24 heavy (non-hydrogen) atoms. The maximum atomic E-state index is 12.3. The van der Waals surface area contributed by atoms with Crippen LogP contribution >= 0.6 is 0 Å². The van der Waals surface area contributed by atoms with E-state index in [9.17, 15) is 4.79 Å². The molecule has 0 aliphatic carbocycles. The van der Waals surface area contributed by atoms with Gasteiger partial charge in [0, 0.05) is 30.1 Å². The predicted octanol–water partition coefficient (Wildman–Crippen LogP) is 3.20. The average Bonchev–Trinajstić information content (AvgIpc) is 3.01. The summed E-state index contributed by atoms with van der Waals surface area (Å²) < 4.78 is 5.25. The number of aromatic amines is 1. The minimum atomic E-state index is -0.0722.